The van der Waals surface area contributed by atoms with Gasteiger partial charge < -0.3 is 4.74 Å². The zero-order valence-electron chi connectivity index (χ0n) is 15.6. The van der Waals surface area contributed by atoms with Gasteiger partial charge in [0.1, 0.15) is 5.82 Å². The van der Waals surface area contributed by atoms with Gasteiger partial charge in [-0.3, -0.25) is 9.78 Å². The summed E-state index contributed by atoms with van der Waals surface area (Å²) in [5, 5.41) is 4.39. The van der Waals surface area contributed by atoms with E-state index in [2.05, 4.69) is 15.1 Å². The number of esters is 1. The number of aromatic nitrogens is 4. The molecule has 0 amide bonds. The fourth-order valence-corrected chi connectivity index (χ4v) is 3.76. The molecule has 0 unspecified atom stereocenters. The number of hydrogen-bond acceptors (Lipinski definition) is 5. The molecular formula is C20H21FN4O3. The van der Waals surface area contributed by atoms with Crippen molar-refractivity contribution >= 4 is 16.9 Å². The van der Waals surface area contributed by atoms with Gasteiger partial charge in [-0.25, -0.2) is 18.9 Å². The Morgan fingerprint density at radius 2 is 2.11 bits per heavy atom. The minimum absolute atomic E-state index is 0.109. The number of benzene rings is 1. The van der Waals surface area contributed by atoms with Crippen LogP contribution in [0.15, 0.2) is 29.3 Å². The number of aromatic amines is 1. The molecule has 28 heavy (non-hydrogen) atoms. The van der Waals surface area contributed by atoms with Crippen LogP contribution in [0, 0.1) is 5.82 Å². The number of nitrogens with zero attached hydrogens (tertiary/aromatic N) is 3. The largest absolute Gasteiger partial charge is 0.462 e. The number of halogens is 1. The predicted molar refractivity (Wildman–Crippen MR) is 101 cm³/mol. The van der Waals surface area contributed by atoms with E-state index < -0.39 is 5.97 Å². The predicted octanol–water partition coefficient (Wildman–Crippen LogP) is 3.47. The quantitative estimate of drug-likeness (QED) is 0.696. The van der Waals surface area contributed by atoms with Crippen molar-refractivity contribution in [1.82, 2.24) is 19.7 Å². The minimum Gasteiger partial charge on any atom is -0.462 e. The third kappa shape index (κ3) is 3.42. The SMILES string of the molecule is CCOC(=O)c1cnn(-c2nc3cc(F)c(C4CCCCC4)cc3c(=O)[nH]2)c1. The van der Waals surface area contributed by atoms with Crippen LogP contribution in [0.25, 0.3) is 16.9 Å². The molecule has 1 fully saturated rings. The molecule has 2 aromatic heterocycles. The number of fused-ring (bicyclic) bond motifs is 1. The highest BCUT2D eigenvalue weighted by molar-refractivity contribution is 5.88. The van der Waals surface area contributed by atoms with E-state index >= 15 is 0 Å². The Hall–Kier alpha value is -3.03. The molecule has 0 bridgehead atoms. The molecule has 1 aliphatic carbocycles. The van der Waals surface area contributed by atoms with E-state index in [1.165, 1.54) is 29.6 Å². The maximum atomic E-state index is 14.7. The molecular weight excluding hydrogens is 363 g/mol. The molecule has 0 aliphatic heterocycles. The van der Waals surface area contributed by atoms with Gasteiger partial charge in [-0.15, -0.1) is 0 Å². The highest BCUT2D eigenvalue weighted by Gasteiger charge is 2.21. The van der Waals surface area contributed by atoms with Gasteiger partial charge in [0.25, 0.3) is 5.56 Å². The van der Waals surface area contributed by atoms with Crippen LogP contribution in [-0.2, 0) is 4.74 Å². The molecule has 1 aliphatic rings. The third-order valence-corrected chi connectivity index (χ3v) is 5.17. The van der Waals surface area contributed by atoms with Gasteiger partial charge in [0.15, 0.2) is 0 Å². The van der Waals surface area contributed by atoms with Crippen molar-refractivity contribution in [2.24, 2.45) is 0 Å². The number of nitrogens with one attached hydrogen (secondary N) is 1. The summed E-state index contributed by atoms with van der Waals surface area (Å²) in [4.78, 5) is 31.4. The maximum absolute atomic E-state index is 14.7. The van der Waals surface area contributed by atoms with E-state index in [1.807, 2.05) is 0 Å². The van der Waals surface area contributed by atoms with Crippen LogP contribution in [-0.4, -0.2) is 32.3 Å². The average Bonchev–Trinajstić information content (AvgIpc) is 3.19. The minimum atomic E-state index is -0.514. The highest BCUT2D eigenvalue weighted by atomic mass is 19.1. The highest BCUT2D eigenvalue weighted by Crippen LogP contribution is 2.35. The first-order chi connectivity index (χ1) is 13.6. The number of carbonyl (C=O) groups excluding carboxylic acids is 1. The molecule has 3 aromatic rings. The Morgan fingerprint density at radius 3 is 2.86 bits per heavy atom. The van der Waals surface area contributed by atoms with Gasteiger partial charge in [-0.05, 0) is 37.3 Å². The van der Waals surface area contributed by atoms with Crippen LogP contribution in [0.1, 0.15) is 60.9 Å². The van der Waals surface area contributed by atoms with Gasteiger partial charge in [0.05, 0.1) is 29.3 Å². The third-order valence-electron chi connectivity index (χ3n) is 5.17. The Morgan fingerprint density at radius 1 is 1.32 bits per heavy atom. The lowest BCUT2D eigenvalue weighted by Gasteiger charge is -2.22. The topological polar surface area (TPSA) is 89.9 Å². The lowest BCUT2D eigenvalue weighted by atomic mass is 9.83. The van der Waals surface area contributed by atoms with Gasteiger partial charge >= 0.3 is 5.97 Å². The zero-order valence-corrected chi connectivity index (χ0v) is 15.6. The summed E-state index contributed by atoms with van der Waals surface area (Å²) in [6.45, 7) is 1.96. The summed E-state index contributed by atoms with van der Waals surface area (Å²) in [5.74, 6) is -0.593. The summed E-state index contributed by atoms with van der Waals surface area (Å²) in [6, 6.07) is 2.94. The second-order valence-corrected chi connectivity index (χ2v) is 7.01. The standard InChI is InChI=1S/C20H21FN4O3/c1-2-28-19(27)13-10-22-25(11-13)20-23-17-9-16(21)14(8-15(17)18(26)24-20)12-6-4-3-5-7-12/h8-12H,2-7H2,1H3,(H,23,24,26). The molecule has 8 heteroatoms. The Balaban J connectivity index is 1.73. The van der Waals surface area contributed by atoms with Crippen molar-refractivity contribution in [3.63, 3.8) is 0 Å². The van der Waals surface area contributed by atoms with Gasteiger partial charge in [0, 0.05) is 12.3 Å². The molecule has 1 saturated carbocycles. The van der Waals surface area contributed by atoms with E-state index in [1.54, 1.807) is 13.0 Å². The number of H-pyrrole nitrogens is 1. The molecule has 1 aromatic carbocycles. The first-order valence-corrected chi connectivity index (χ1v) is 9.52. The smallest absolute Gasteiger partial charge is 0.341 e. The van der Waals surface area contributed by atoms with Crippen molar-refractivity contribution in [2.45, 2.75) is 44.9 Å². The summed E-state index contributed by atoms with van der Waals surface area (Å²) in [6.07, 6.45) is 7.96. The van der Waals surface area contributed by atoms with Crippen molar-refractivity contribution in [3.05, 3.63) is 51.8 Å². The Labute approximate surface area is 160 Å². The fourth-order valence-electron chi connectivity index (χ4n) is 3.76. The molecule has 0 radical (unpaired) electrons. The fraction of sp³-hybridized carbons (Fsp3) is 0.400. The molecule has 4 rings (SSSR count). The van der Waals surface area contributed by atoms with E-state index in [0.29, 0.717) is 10.9 Å². The summed E-state index contributed by atoms with van der Waals surface area (Å²) < 4.78 is 20.9. The lowest BCUT2D eigenvalue weighted by molar-refractivity contribution is 0.0526. The van der Waals surface area contributed by atoms with Crippen molar-refractivity contribution < 1.29 is 13.9 Å². The number of rotatable bonds is 4. The zero-order chi connectivity index (χ0) is 19.7. The number of hydrogen-bond donors (Lipinski definition) is 1. The van der Waals surface area contributed by atoms with Crippen LogP contribution < -0.4 is 5.56 Å². The van der Waals surface area contributed by atoms with Crippen molar-refractivity contribution in [2.75, 3.05) is 6.61 Å². The van der Waals surface area contributed by atoms with Crippen molar-refractivity contribution in [3.8, 4) is 5.95 Å². The molecule has 1 N–H and O–H groups in total. The molecule has 146 valence electrons. The van der Waals surface area contributed by atoms with Gasteiger partial charge in [-0.2, -0.15) is 5.10 Å². The first-order valence-electron chi connectivity index (χ1n) is 9.52. The van der Waals surface area contributed by atoms with Crippen LogP contribution in [0.2, 0.25) is 0 Å². The van der Waals surface area contributed by atoms with Crippen LogP contribution in [0.3, 0.4) is 0 Å². The lowest BCUT2D eigenvalue weighted by Crippen LogP contribution is -2.15. The van der Waals surface area contributed by atoms with Crippen LogP contribution >= 0.6 is 0 Å². The van der Waals surface area contributed by atoms with Gasteiger partial charge in [0.2, 0.25) is 5.95 Å². The number of ether oxygens (including phenoxy) is 1. The summed E-state index contributed by atoms with van der Waals surface area (Å²) in [5.41, 5.74) is 0.716. The second-order valence-electron chi connectivity index (χ2n) is 7.01. The monoisotopic (exact) mass is 384 g/mol. The maximum Gasteiger partial charge on any atom is 0.341 e. The average molecular weight is 384 g/mol. The molecule has 0 saturated heterocycles. The van der Waals surface area contributed by atoms with E-state index in [9.17, 15) is 14.0 Å². The Kier molecular flexibility index (Phi) is 4.93. The summed E-state index contributed by atoms with van der Waals surface area (Å²) >= 11 is 0. The first kappa shape index (κ1) is 18.3. The molecule has 2 heterocycles. The number of carbonyl (C=O) groups is 1. The molecule has 0 spiro atoms. The van der Waals surface area contributed by atoms with E-state index in [0.717, 1.165) is 25.7 Å². The van der Waals surface area contributed by atoms with E-state index in [-0.39, 0.29) is 40.9 Å². The second kappa shape index (κ2) is 7.53. The van der Waals surface area contributed by atoms with Crippen LogP contribution in [0.5, 0.6) is 0 Å². The Bertz CT molecular complexity index is 1080. The van der Waals surface area contributed by atoms with Crippen molar-refractivity contribution in [1.29, 1.82) is 0 Å². The van der Waals surface area contributed by atoms with E-state index in [4.69, 9.17) is 4.74 Å². The molecule has 0 atom stereocenters. The summed E-state index contributed by atoms with van der Waals surface area (Å²) in [7, 11) is 0. The van der Waals surface area contributed by atoms with Crippen LogP contribution in [0.4, 0.5) is 4.39 Å². The molecule has 7 nitrogen and oxygen atoms in total. The van der Waals surface area contributed by atoms with Gasteiger partial charge in [-0.1, -0.05) is 19.3 Å². The normalized spacial score (nSPS) is 15.1.